The van der Waals surface area contributed by atoms with Gasteiger partial charge in [-0.15, -0.1) is 0 Å². The zero-order chi connectivity index (χ0) is 16.9. The summed E-state index contributed by atoms with van der Waals surface area (Å²) in [5.74, 6) is -0.381. The molecule has 2 fully saturated rings. The molecule has 0 saturated carbocycles. The Balaban J connectivity index is 1.76. The van der Waals surface area contributed by atoms with E-state index < -0.39 is 6.04 Å². The Morgan fingerprint density at radius 3 is 2.67 bits per heavy atom. The SMILES string of the molecule is NC(=O)[C@@H]1CC[C@H](C(=O)N2CCOCCN2)N1Cc1ccccc1. The number of ether oxygens (including phenoxy) is 1. The lowest BCUT2D eigenvalue weighted by Gasteiger charge is -2.31. The van der Waals surface area contributed by atoms with Crippen LogP contribution >= 0.6 is 0 Å². The first-order valence-corrected chi connectivity index (χ1v) is 8.38. The highest BCUT2D eigenvalue weighted by Crippen LogP contribution is 2.27. The first kappa shape index (κ1) is 16.9. The third kappa shape index (κ3) is 3.75. The predicted octanol–water partition coefficient (Wildman–Crippen LogP) is -0.132. The third-order valence-electron chi connectivity index (χ3n) is 4.61. The molecule has 0 unspecified atom stereocenters. The van der Waals surface area contributed by atoms with E-state index in [1.165, 1.54) is 0 Å². The standard InChI is InChI=1S/C17H24N4O3/c18-16(22)14-6-7-15(17(23)21-9-11-24-10-8-19-21)20(14)12-13-4-2-1-3-5-13/h1-5,14-15,19H,6-12H2,(H2,18,22)/t14-,15+/m0/s1. The van der Waals surface area contributed by atoms with Crippen molar-refractivity contribution >= 4 is 11.8 Å². The summed E-state index contributed by atoms with van der Waals surface area (Å²) in [5, 5.41) is 1.62. The maximum absolute atomic E-state index is 12.9. The minimum absolute atomic E-state index is 0.0137. The van der Waals surface area contributed by atoms with Gasteiger partial charge in [0.15, 0.2) is 0 Å². The minimum Gasteiger partial charge on any atom is -0.378 e. The van der Waals surface area contributed by atoms with Gasteiger partial charge in [0.05, 0.1) is 31.8 Å². The highest BCUT2D eigenvalue weighted by Gasteiger charge is 2.42. The van der Waals surface area contributed by atoms with Crippen LogP contribution in [0.4, 0.5) is 0 Å². The van der Waals surface area contributed by atoms with Crippen LogP contribution in [0.15, 0.2) is 30.3 Å². The molecule has 2 aliphatic rings. The van der Waals surface area contributed by atoms with Crippen LogP contribution in [0.5, 0.6) is 0 Å². The molecule has 130 valence electrons. The van der Waals surface area contributed by atoms with Gasteiger partial charge in [0.1, 0.15) is 0 Å². The Hall–Kier alpha value is -1.96. The molecule has 2 aliphatic heterocycles. The second kappa shape index (κ2) is 7.74. The first-order chi connectivity index (χ1) is 11.7. The molecule has 0 aromatic heterocycles. The zero-order valence-corrected chi connectivity index (χ0v) is 13.7. The van der Waals surface area contributed by atoms with Crippen molar-refractivity contribution in [2.45, 2.75) is 31.5 Å². The van der Waals surface area contributed by atoms with Gasteiger partial charge in [0, 0.05) is 13.1 Å². The van der Waals surface area contributed by atoms with E-state index in [0.717, 1.165) is 5.56 Å². The third-order valence-corrected chi connectivity index (χ3v) is 4.61. The maximum Gasteiger partial charge on any atom is 0.254 e. The van der Waals surface area contributed by atoms with Crippen molar-refractivity contribution in [2.75, 3.05) is 26.3 Å². The molecule has 1 aromatic rings. The average Bonchev–Trinajstić information content (AvgIpc) is 2.81. The first-order valence-electron chi connectivity index (χ1n) is 8.38. The molecule has 3 rings (SSSR count). The van der Waals surface area contributed by atoms with Crippen LogP contribution in [-0.2, 0) is 20.9 Å². The molecular weight excluding hydrogens is 308 g/mol. The lowest BCUT2D eigenvalue weighted by atomic mass is 10.1. The largest absolute Gasteiger partial charge is 0.378 e. The lowest BCUT2D eigenvalue weighted by Crippen LogP contribution is -2.54. The van der Waals surface area contributed by atoms with Gasteiger partial charge in [-0.1, -0.05) is 30.3 Å². The average molecular weight is 332 g/mol. The number of amides is 2. The lowest BCUT2D eigenvalue weighted by molar-refractivity contribution is -0.140. The summed E-state index contributed by atoms with van der Waals surface area (Å²) in [7, 11) is 0. The van der Waals surface area contributed by atoms with Crippen molar-refractivity contribution in [1.82, 2.24) is 15.3 Å². The number of nitrogens with zero attached hydrogens (tertiary/aromatic N) is 2. The number of likely N-dealkylation sites (tertiary alicyclic amines) is 1. The molecule has 2 heterocycles. The van der Waals surface area contributed by atoms with Crippen LogP contribution < -0.4 is 11.2 Å². The number of hydrogen-bond acceptors (Lipinski definition) is 5. The summed E-state index contributed by atoms with van der Waals surface area (Å²) in [4.78, 5) is 26.7. The van der Waals surface area contributed by atoms with Crippen LogP contribution in [0.25, 0.3) is 0 Å². The number of carbonyl (C=O) groups is 2. The van der Waals surface area contributed by atoms with Crippen molar-refractivity contribution < 1.29 is 14.3 Å². The van der Waals surface area contributed by atoms with E-state index in [2.05, 4.69) is 5.43 Å². The predicted molar refractivity (Wildman–Crippen MR) is 88.5 cm³/mol. The van der Waals surface area contributed by atoms with E-state index in [-0.39, 0.29) is 17.9 Å². The number of nitrogens with one attached hydrogen (secondary N) is 1. The van der Waals surface area contributed by atoms with Gasteiger partial charge in [0.2, 0.25) is 5.91 Å². The number of nitrogens with two attached hydrogens (primary N) is 1. The molecule has 7 nitrogen and oxygen atoms in total. The number of rotatable bonds is 4. The van der Waals surface area contributed by atoms with Crippen molar-refractivity contribution in [2.24, 2.45) is 5.73 Å². The second-order valence-corrected chi connectivity index (χ2v) is 6.18. The number of hydrazine groups is 1. The second-order valence-electron chi connectivity index (χ2n) is 6.18. The molecule has 0 aliphatic carbocycles. The fourth-order valence-electron chi connectivity index (χ4n) is 3.41. The maximum atomic E-state index is 12.9. The van der Waals surface area contributed by atoms with E-state index in [1.807, 2.05) is 35.2 Å². The van der Waals surface area contributed by atoms with Crippen LogP contribution in [-0.4, -0.2) is 60.1 Å². The molecule has 0 bridgehead atoms. The van der Waals surface area contributed by atoms with Gasteiger partial charge in [-0.05, 0) is 18.4 Å². The summed E-state index contributed by atoms with van der Waals surface area (Å²) < 4.78 is 5.38. The van der Waals surface area contributed by atoms with Crippen LogP contribution in [0.3, 0.4) is 0 Å². The van der Waals surface area contributed by atoms with Crippen molar-refractivity contribution in [3.05, 3.63) is 35.9 Å². The number of primary amides is 1. The quantitative estimate of drug-likeness (QED) is 0.802. The summed E-state index contributed by atoms with van der Waals surface area (Å²) >= 11 is 0. The summed E-state index contributed by atoms with van der Waals surface area (Å²) in [6.45, 7) is 2.76. The Labute approximate surface area is 141 Å². The van der Waals surface area contributed by atoms with E-state index in [1.54, 1.807) is 5.01 Å². The van der Waals surface area contributed by atoms with E-state index in [0.29, 0.717) is 45.7 Å². The highest BCUT2D eigenvalue weighted by atomic mass is 16.5. The van der Waals surface area contributed by atoms with Gasteiger partial charge < -0.3 is 10.5 Å². The molecule has 3 N–H and O–H groups in total. The molecule has 0 radical (unpaired) electrons. The van der Waals surface area contributed by atoms with Gasteiger partial charge in [-0.3, -0.25) is 19.5 Å². The van der Waals surface area contributed by atoms with Crippen LogP contribution in [0, 0.1) is 0 Å². The summed E-state index contributed by atoms with van der Waals surface area (Å²) in [5.41, 5.74) is 9.73. The van der Waals surface area contributed by atoms with E-state index >= 15 is 0 Å². The molecule has 2 saturated heterocycles. The minimum atomic E-state index is -0.401. The number of benzene rings is 1. The van der Waals surface area contributed by atoms with Crippen molar-refractivity contribution in [1.29, 1.82) is 0 Å². The Morgan fingerprint density at radius 2 is 1.92 bits per heavy atom. The van der Waals surface area contributed by atoms with Crippen LogP contribution in [0.1, 0.15) is 18.4 Å². The normalized spacial score (nSPS) is 25.4. The fraction of sp³-hybridized carbons (Fsp3) is 0.529. The molecule has 0 spiro atoms. The van der Waals surface area contributed by atoms with Gasteiger partial charge >= 0.3 is 0 Å². The number of carbonyl (C=O) groups excluding carboxylic acids is 2. The Bertz CT molecular complexity index is 572. The van der Waals surface area contributed by atoms with Crippen LogP contribution in [0.2, 0.25) is 0 Å². The van der Waals surface area contributed by atoms with E-state index in [4.69, 9.17) is 10.5 Å². The zero-order valence-electron chi connectivity index (χ0n) is 13.7. The van der Waals surface area contributed by atoms with Gasteiger partial charge in [-0.2, -0.15) is 0 Å². The molecule has 2 amide bonds. The summed E-state index contributed by atoms with van der Waals surface area (Å²) in [6.07, 6.45) is 1.25. The Kier molecular flexibility index (Phi) is 5.44. The van der Waals surface area contributed by atoms with Gasteiger partial charge in [0.25, 0.3) is 5.91 Å². The molecule has 24 heavy (non-hydrogen) atoms. The topological polar surface area (TPSA) is 87.9 Å². The molecule has 1 aromatic carbocycles. The fourth-order valence-corrected chi connectivity index (χ4v) is 3.41. The number of hydrogen-bond donors (Lipinski definition) is 2. The smallest absolute Gasteiger partial charge is 0.254 e. The van der Waals surface area contributed by atoms with E-state index in [9.17, 15) is 9.59 Å². The highest BCUT2D eigenvalue weighted by molar-refractivity contribution is 5.85. The van der Waals surface area contributed by atoms with Crippen molar-refractivity contribution in [3.63, 3.8) is 0 Å². The Morgan fingerprint density at radius 1 is 1.17 bits per heavy atom. The molecule has 7 heteroatoms. The monoisotopic (exact) mass is 332 g/mol. The van der Waals surface area contributed by atoms with Gasteiger partial charge in [-0.25, -0.2) is 5.43 Å². The molecule has 2 atom stereocenters. The van der Waals surface area contributed by atoms with Crippen molar-refractivity contribution in [3.8, 4) is 0 Å². The summed E-state index contributed by atoms with van der Waals surface area (Å²) in [6, 6.07) is 9.11. The molecular formula is C17H24N4O3.